The summed E-state index contributed by atoms with van der Waals surface area (Å²) in [5, 5.41) is 7.63. The van der Waals surface area contributed by atoms with Gasteiger partial charge >= 0.3 is 0 Å². The van der Waals surface area contributed by atoms with Gasteiger partial charge in [0.1, 0.15) is 0 Å². The molecule has 5 heteroatoms. The first-order valence-corrected chi connectivity index (χ1v) is 6.14. The van der Waals surface area contributed by atoms with Gasteiger partial charge in [-0.3, -0.25) is 9.25 Å². The van der Waals surface area contributed by atoms with Gasteiger partial charge in [0.2, 0.25) is 5.95 Å². The first-order valence-electron chi connectivity index (χ1n) is 6.14. The predicted octanol–water partition coefficient (Wildman–Crippen LogP) is 2.22. The summed E-state index contributed by atoms with van der Waals surface area (Å²) in [5.41, 5.74) is 2.08. The van der Waals surface area contributed by atoms with E-state index in [-0.39, 0.29) is 0 Å². The number of benzene rings is 1. The van der Waals surface area contributed by atoms with Crippen molar-refractivity contribution in [1.82, 2.24) is 19.3 Å². The Labute approximate surface area is 111 Å². The first-order chi connectivity index (χ1) is 9.33. The number of para-hydroxylation sites is 1. The second kappa shape index (κ2) is 4.97. The molecule has 3 rings (SSSR count). The van der Waals surface area contributed by atoms with Crippen molar-refractivity contribution in [3.8, 4) is 5.69 Å². The van der Waals surface area contributed by atoms with Gasteiger partial charge in [-0.25, -0.2) is 4.98 Å². The molecule has 0 radical (unpaired) electrons. The van der Waals surface area contributed by atoms with Crippen LogP contribution in [0.3, 0.4) is 0 Å². The van der Waals surface area contributed by atoms with Crippen molar-refractivity contribution < 1.29 is 0 Å². The minimum absolute atomic E-state index is 0.657. The topological polar surface area (TPSA) is 47.7 Å². The maximum atomic E-state index is 4.33. The van der Waals surface area contributed by atoms with Gasteiger partial charge in [0.15, 0.2) is 0 Å². The molecule has 3 aromatic rings. The molecule has 0 unspecified atom stereocenters. The maximum absolute atomic E-state index is 4.33. The highest BCUT2D eigenvalue weighted by Crippen LogP contribution is 2.14. The third-order valence-electron chi connectivity index (χ3n) is 2.87. The van der Waals surface area contributed by atoms with Crippen molar-refractivity contribution >= 4 is 5.95 Å². The van der Waals surface area contributed by atoms with E-state index < -0.39 is 0 Å². The molecule has 5 nitrogen and oxygen atoms in total. The zero-order valence-corrected chi connectivity index (χ0v) is 10.7. The van der Waals surface area contributed by atoms with Crippen LogP contribution in [0, 0.1) is 0 Å². The molecule has 0 spiro atoms. The molecule has 0 saturated carbocycles. The third kappa shape index (κ3) is 2.49. The normalized spacial score (nSPS) is 10.6. The summed E-state index contributed by atoms with van der Waals surface area (Å²) in [7, 11) is 1.91. The Morgan fingerprint density at radius 1 is 1.11 bits per heavy atom. The Hall–Kier alpha value is -2.56. The Kier molecular flexibility index (Phi) is 3.02. The zero-order valence-electron chi connectivity index (χ0n) is 10.7. The highest BCUT2D eigenvalue weighted by Gasteiger charge is 2.04. The Balaban J connectivity index is 1.77. The van der Waals surface area contributed by atoms with Crippen LogP contribution in [-0.2, 0) is 13.6 Å². The molecule has 19 heavy (non-hydrogen) atoms. The molecule has 0 amide bonds. The van der Waals surface area contributed by atoms with Gasteiger partial charge in [-0.05, 0) is 18.2 Å². The molecular formula is C14H15N5. The Morgan fingerprint density at radius 3 is 2.68 bits per heavy atom. The fraction of sp³-hybridized carbons (Fsp3) is 0.143. The van der Waals surface area contributed by atoms with E-state index in [0.717, 1.165) is 17.3 Å². The van der Waals surface area contributed by atoms with Crippen LogP contribution in [0.1, 0.15) is 5.69 Å². The molecule has 2 aromatic heterocycles. The fourth-order valence-corrected chi connectivity index (χ4v) is 1.96. The maximum Gasteiger partial charge on any atom is 0.207 e. The Morgan fingerprint density at radius 2 is 1.95 bits per heavy atom. The van der Waals surface area contributed by atoms with E-state index in [1.54, 1.807) is 10.9 Å². The SMILES string of the molecule is Cn1ccc(CNc2nccn2-c2ccccc2)n1. The van der Waals surface area contributed by atoms with Crippen molar-refractivity contribution in [2.45, 2.75) is 6.54 Å². The number of rotatable bonds is 4. The van der Waals surface area contributed by atoms with Crippen LogP contribution in [0.5, 0.6) is 0 Å². The highest BCUT2D eigenvalue weighted by atomic mass is 15.3. The van der Waals surface area contributed by atoms with Gasteiger partial charge in [-0.1, -0.05) is 18.2 Å². The number of imidazole rings is 1. The molecule has 0 aliphatic carbocycles. The van der Waals surface area contributed by atoms with Crippen LogP contribution in [0.25, 0.3) is 5.69 Å². The monoisotopic (exact) mass is 253 g/mol. The van der Waals surface area contributed by atoms with Crippen molar-refractivity contribution in [3.05, 3.63) is 60.7 Å². The smallest absolute Gasteiger partial charge is 0.207 e. The van der Waals surface area contributed by atoms with Crippen molar-refractivity contribution in [2.24, 2.45) is 7.05 Å². The molecular weight excluding hydrogens is 238 g/mol. The van der Waals surface area contributed by atoms with Crippen LogP contribution in [0.15, 0.2) is 55.0 Å². The molecule has 0 atom stereocenters. The summed E-state index contributed by atoms with van der Waals surface area (Å²) in [6.45, 7) is 0.657. The Bertz CT molecular complexity index is 653. The first kappa shape index (κ1) is 11.5. The van der Waals surface area contributed by atoms with Gasteiger partial charge in [0, 0.05) is 31.3 Å². The van der Waals surface area contributed by atoms with Crippen molar-refractivity contribution in [1.29, 1.82) is 0 Å². The van der Waals surface area contributed by atoms with Crippen LogP contribution in [0.2, 0.25) is 0 Å². The molecule has 1 N–H and O–H groups in total. The van der Waals surface area contributed by atoms with Gasteiger partial charge < -0.3 is 5.32 Å². The van der Waals surface area contributed by atoms with Crippen LogP contribution < -0.4 is 5.32 Å². The van der Waals surface area contributed by atoms with Gasteiger partial charge in [0.25, 0.3) is 0 Å². The number of nitrogens with zero attached hydrogens (tertiary/aromatic N) is 4. The number of aryl methyl sites for hydroxylation is 1. The molecule has 0 aliphatic heterocycles. The predicted molar refractivity (Wildman–Crippen MR) is 74.1 cm³/mol. The van der Waals surface area contributed by atoms with E-state index in [2.05, 4.69) is 15.4 Å². The molecule has 1 aromatic carbocycles. The van der Waals surface area contributed by atoms with E-state index in [1.165, 1.54) is 0 Å². The minimum atomic E-state index is 0.657. The van der Waals surface area contributed by atoms with E-state index in [0.29, 0.717) is 6.54 Å². The molecule has 0 bridgehead atoms. The quantitative estimate of drug-likeness (QED) is 0.775. The number of aromatic nitrogens is 4. The number of hydrogen-bond donors (Lipinski definition) is 1. The third-order valence-corrected chi connectivity index (χ3v) is 2.87. The second-order valence-corrected chi connectivity index (χ2v) is 4.29. The number of anilines is 1. The van der Waals surface area contributed by atoms with Gasteiger partial charge in [-0.2, -0.15) is 5.10 Å². The van der Waals surface area contributed by atoms with E-state index in [1.807, 2.05) is 60.4 Å². The summed E-state index contributed by atoms with van der Waals surface area (Å²) in [4.78, 5) is 4.33. The number of nitrogens with one attached hydrogen (secondary N) is 1. The standard InChI is InChI=1S/C14H15N5/c1-18-9-7-12(17-18)11-16-14-15-8-10-19(14)13-5-3-2-4-6-13/h2-10H,11H2,1H3,(H,15,16). The average Bonchev–Trinajstić information content (AvgIpc) is 3.06. The summed E-state index contributed by atoms with van der Waals surface area (Å²) in [5.74, 6) is 0.817. The second-order valence-electron chi connectivity index (χ2n) is 4.29. The minimum Gasteiger partial charge on any atom is -0.350 e. The lowest BCUT2D eigenvalue weighted by atomic mass is 10.3. The average molecular weight is 253 g/mol. The lowest BCUT2D eigenvalue weighted by Gasteiger charge is -2.08. The molecule has 2 heterocycles. The van der Waals surface area contributed by atoms with Crippen LogP contribution in [-0.4, -0.2) is 19.3 Å². The lowest BCUT2D eigenvalue weighted by Crippen LogP contribution is -2.06. The largest absolute Gasteiger partial charge is 0.350 e. The molecule has 96 valence electrons. The summed E-state index contributed by atoms with van der Waals surface area (Å²) < 4.78 is 3.81. The van der Waals surface area contributed by atoms with E-state index in [9.17, 15) is 0 Å². The van der Waals surface area contributed by atoms with Gasteiger partial charge in [-0.15, -0.1) is 0 Å². The van der Waals surface area contributed by atoms with E-state index >= 15 is 0 Å². The fourth-order valence-electron chi connectivity index (χ4n) is 1.96. The van der Waals surface area contributed by atoms with Gasteiger partial charge in [0.05, 0.1) is 12.2 Å². The zero-order chi connectivity index (χ0) is 13.1. The highest BCUT2D eigenvalue weighted by molar-refractivity contribution is 5.41. The number of hydrogen-bond acceptors (Lipinski definition) is 3. The summed E-state index contributed by atoms with van der Waals surface area (Å²) in [6.07, 6.45) is 5.66. The van der Waals surface area contributed by atoms with E-state index in [4.69, 9.17) is 0 Å². The molecule has 0 saturated heterocycles. The molecule has 0 aliphatic rings. The van der Waals surface area contributed by atoms with Crippen molar-refractivity contribution in [3.63, 3.8) is 0 Å². The van der Waals surface area contributed by atoms with Crippen LogP contribution in [0.4, 0.5) is 5.95 Å². The summed E-state index contributed by atoms with van der Waals surface area (Å²) >= 11 is 0. The molecule has 0 fully saturated rings. The lowest BCUT2D eigenvalue weighted by molar-refractivity contribution is 0.746. The summed E-state index contributed by atoms with van der Waals surface area (Å²) in [6, 6.07) is 12.1. The van der Waals surface area contributed by atoms with Crippen LogP contribution >= 0.6 is 0 Å². The van der Waals surface area contributed by atoms with Crippen molar-refractivity contribution in [2.75, 3.05) is 5.32 Å².